The molecule has 654 valence electrons. The van der Waals surface area contributed by atoms with Gasteiger partial charge in [-0.25, -0.2) is 0 Å². The Bertz CT molecular complexity index is 4160. The zero-order valence-electron chi connectivity index (χ0n) is 71.0. The van der Waals surface area contributed by atoms with E-state index in [-0.39, 0.29) is 50.2 Å². The molecule has 0 heterocycles. The summed E-state index contributed by atoms with van der Waals surface area (Å²) in [6.45, 7) is 10.4. The SMILES string of the molecule is CC(=O)SCC(Cl)OCCOc1ccccc1-c1ccccc1.CC(C)OC(Cl)CSc1ccc2ccccc2c1.CCC(Cl)OC1CC2CC1C1CCCC21.ClC(COC12CC3CC(CC(C3)C1)C2)OC1CC2CCC1C2.ClC(COC12CC3CC(CC(C3)C1)C2)OCc1ccccc1.ClC(COc1cccc2ccccc12)OC1CCCC1. The number of carbonyl (C=O) groups excluding carboxylic acids is 1. The van der Waals surface area contributed by atoms with Crippen molar-refractivity contribution >= 4 is 120 Å². The molecular weight excluding hydrogens is 1670 g/mol. The maximum atomic E-state index is 10.9. The maximum Gasteiger partial charge on any atom is 0.185 e. The quantitative estimate of drug-likeness (QED) is 0.0227. The van der Waals surface area contributed by atoms with E-state index in [1.165, 1.54) is 176 Å². The van der Waals surface area contributed by atoms with Crippen LogP contribution < -0.4 is 9.47 Å². The van der Waals surface area contributed by atoms with Crippen molar-refractivity contribution in [3.05, 3.63) is 175 Å². The molecule has 12 bridgehead atoms. The number of rotatable bonds is 32. The molecule has 0 aliphatic heterocycles. The Hall–Kier alpha value is -3.55. The number of carbonyl (C=O) groups is 1. The second kappa shape index (κ2) is 45.9. The predicted molar refractivity (Wildman–Crippen MR) is 495 cm³/mol. The van der Waals surface area contributed by atoms with Crippen molar-refractivity contribution in [1.82, 2.24) is 0 Å². The van der Waals surface area contributed by atoms with E-state index in [1.807, 2.05) is 111 Å². The van der Waals surface area contributed by atoms with Crippen LogP contribution in [0, 0.1) is 71.0 Å². The van der Waals surface area contributed by atoms with Crippen molar-refractivity contribution in [2.45, 2.75) is 275 Å². The predicted octanol–water partition coefficient (Wildman–Crippen LogP) is 27.6. The van der Waals surface area contributed by atoms with Crippen molar-refractivity contribution in [3.63, 3.8) is 0 Å². The fourth-order valence-electron chi connectivity index (χ4n) is 23.2. The van der Waals surface area contributed by atoms with Crippen molar-refractivity contribution in [3.8, 4) is 22.6 Å². The number of para-hydroxylation sites is 1. The van der Waals surface area contributed by atoms with E-state index in [0.717, 1.165) is 141 Å². The number of hydrogen-bond acceptors (Lipinski definition) is 13. The molecule has 14 aliphatic carbocycles. The lowest BCUT2D eigenvalue weighted by Crippen LogP contribution is -2.52. The van der Waals surface area contributed by atoms with E-state index < -0.39 is 5.56 Å². The Morgan fingerprint density at radius 2 is 1.02 bits per heavy atom. The normalized spacial score (nSPS) is 30.0. The van der Waals surface area contributed by atoms with Gasteiger partial charge < -0.3 is 47.4 Å². The summed E-state index contributed by atoms with van der Waals surface area (Å²) in [5.74, 6) is 14.0. The van der Waals surface area contributed by atoms with Gasteiger partial charge in [0.05, 0.1) is 62.0 Å². The lowest BCUT2D eigenvalue weighted by molar-refractivity contribution is -0.177. The number of ether oxygens (including phenoxy) is 10. The average Bonchev–Trinajstić information content (AvgIpc) is 1.64. The summed E-state index contributed by atoms with van der Waals surface area (Å²) in [6.07, 6.45) is 36.0. The molecule has 14 fully saturated rings. The molecule has 0 aromatic heterocycles. The fraction of sp³-hybridized carbons (Fsp3) is 0.614. The lowest BCUT2D eigenvalue weighted by Gasteiger charge is -2.56. The molecule has 0 saturated heterocycles. The van der Waals surface area contributed by atoms with Crippen LogP contribution in [-0.4, -0.2) is 119 Å². The van der Waals surface area contributed by atoms with Crippen LogP contribution >= 0.6 is 93.1 Å². The largest absolute Gasteiger partial charge is 0.491 e. The molecule has 0 spiro atoms. The van der Waals surface area contributed by atoms with Gasteiger partial charge >= 0.3 is 0 Å². The van der Waals surface area contributed by atoms with E-state index in [2.05, 4.69) is 79.7 Å². The van der Waals surface area contributed by atoms with Gasteiger partial charge in [-0.1, -0.05) is 253 Å². The van der Waals surface area contributed by atoms with Gasteiger partial charge in [0, 0.05) is 34.3 Å². The second-order valence-corrected chi connectivity index (χ2v) is 42.1. The maximum absolute atomic E-state index is 10.9. The van der Waals surface area contributed by atoms with E-state index in [4.69, 9.17) is 117 Å². The minimum atomic E-state index is -0.489. The number of hydrogen-bond donors (Lipinski definition) is 0. The highest BCUT2D eigenvalue weighted by atomic mass is 35.5. The highest BCUT2D eigenvalue weighted by molar-refractivity contribution is 8.13. The van der Waals surface area contributed by atoms with Gasteiger partial charge in [-0.3, -0.25) is 4.79 Å². The molecule has 19 heteroatoms. The first-order chi connectivity index (χ1) is 58.3. The summed E-state index contributed by atoms with van der Waals surface area (Å²) in [7, 11) is 0. The van der Waals surface area contributed by atoms with Gasteiger partial charge in [0.1, 0.15) is 41.4 Å². The van der Waals surface area contributed by atoms with Gasteiger partial charge in [0.2, 0.25) is 0 Å². The van der Waals surface area contributed by atoms with Crippen LogP contribution in [0.4, 0.5) is 0 Å². The molecule has 0 radical (unpaired) electrons. The topological polar surface area (TPSA) is 109 Å². The Labute approximate surface area is 754 Å². The van der Waals surface area contributed by atoms with Crippen LogP contribution in [0.1, 0.15) is 200 Å². The van der Waals surface area contributed by atoms with Gasteiger partial charge in [-0.05, 0) is 284 Å². The number of fused-ring (bicyclic) bond motifs is 9. The highest BCUT2D eigenvalue weighted by Crippen LogP contribution is 2.61. The summed E-state index contributed by atoms with van der Waals surface area (Å²) in [5, 5.41) is 4.85. The summed E-state index contributed by atoms with van der Waals surface area (Å²) < 4.78 is 59.0. The van der Waals surface area contributed by atoms with E-state index >= 15 is 0 Å². The fourth-order valence-corrected chi connectivity index (χ4v) is 25.8. The van der Waals surface area contributed by atoms with E-state index in [1.54, 1.807) is 11.8 Å². The van der Waals surface area contributed by atoms with E-state index in [0.29, 0.717) is 63.7 Å². The molecule has 120 heavy (non-hydrogen) atoms. The van der Waals surface area contributed by atoms with Crippen LogP contribution in [-0.2, 0) is 49.3 Å². The molecule has 21 rings (SSSR count). The smallest absolute Gasteiger partial charge is 0.185 e. The number of thioether (sulfide) groups is 2. The summed E-state index contributed by atoms with van der Waals surface area (Å²) in [5.41, 5.74) is 1.86. The van der Waals surface area contributed by atoms with Crippen LogP contribution in [0.3, 0.4) is 0 Å². The number of benzene rings is 7. The van der Waals surface area contributed by atoms with Crippen molar-refractivity contribution in [1.29, 1.82) is 0 Å². The summed E-state index contributed by atoms with van der Waals surface area (Å²) in [4.78, 5) is 12.1. The standard InChI is InChI=1S/C19H29ClO2.C19H25ClO2.C18H19ClO3S.C17H19ClO2.C15H17ClOS.C13H21ClO/c20-18(22-17-7-12-1-2-16(17)6-12)11-21-19-8-13-3-14(9-19)5-15(4-13)10-19;20-18(21-12-14-4-2-1-3-5-14)13-22-19-9-15-6-16(10-19)8-17(7-15)11-19;1-14(20)23-13-18(19)22-12-11-21-17-10-6-5-9-16(17)15-7-3-2-4-8-15;18-17(20-14-8-2-3-9-14)12-19-16-11-5-7-13-6-1-4-10-15(13)16;1-11(2)17-15(16)10-18-14-8-7-12-5-3-4-6-13(12)9-14;1-2-13(14)15-12-7-8-6-11(12)10-5-3-4-9(8)10/h12-18H,1-11H2;1-5,15-18H,6-13H2;2-10,18H,11-13H2,1H3;1,4-7,10-11,14,17H,2-3,8-9,12H2;3-9,11,15H,10H2,1-2H3;8-13H,2-7H2,1H3. The molecule has 7 aromatic rings. The molecule has 7 aromatic carbocycles. The first-order valence-corrected chi connectivity index (χ1v) is 50.0. The first kappa shape index (κ1) is 92.6. The summed E-state index contributed by atoms with van der Waals surface area (Å²) >= 11 is 40.1. The van der Waals surface area contributed by atoms with Crippen LogP contribution in [0.2, 0.25) is 0 Å². The highest BCUT2D eigenvalue weighted by Gasteiger charge is 2.56. The molecule has 14 saturated carbocycles. The Kier molecular flexibility index (Phi) is 35.5. The minimum Gasteiger partial charge on any atom is -0.491 e. The van der Waals surface area contributed by atoms with E-state index in [9.17, 15) is 4.79 Å². The number of halogens is 6. The molecule has 14 unspecified atom stereocenters. The second-order valence-electron chi connectivity index (χ2n) is 36.9. The lowest BCUT2D eigenvalue weighted by atomic mass is 9.54. The molecule has 0 N–H and O–H groups in total. The Morgan fingerprint density at radius 3 is 1.67 bits per heavy atom. The van der Waals surface area contributed by atoms with Crippen molar-refractivity contribution in [2.75, 3.05) is 44.5 Å². The van der Waals surface area contributed by atoms with Gasteiger partial charge in [-0.2, -0.15) is 0 Å². The summed E-state index contributed by atoms with van der Waals surface area (Å²) in [6, 6.07) is 57.2. The molecule has 0 amide bonds. The third-order valence-corrected chi connectivity index (χ3v) is 31.6. The van der Waals surface area contributed by atoms with Gasteiger partial charge in [0.15, 0.2) is 21.8 Å². The van der Waals surface area contributed by atoms with Gasteiger partial charge in [0.25, 0.3) is 0 Å². The molecular formula is C101H130Cl6O11S2. The minimum absolute atomic E-state index is 0.0345. The average molecular weight is 1800 g/mol. The zero-order chi connectivity index (χ0) is 83.4. The van der Waals surface area contributed by atoms with Crippen LogP contribution in [0.15, 0.2) is 175 Å². The Morgan fingerprint density at radius 1 is 0.442 bits per heavy atom. The first-order valence-electron chi connectivity index (χ1n) is 45.5. The van der Waals surface area contributed by atoms with Crippen LogP contribution in [0.25, 0.3) is 32.7 Å². The number of alkyl halides is 6. The third kappa shape index (κ3) is 27.0. The van der Waals surface area contributed by atoms with Crippen molar-refractivity contribution in [2.24, 2.45) is 71.0 Å². The molecule has 11 nitrogen and oxygen atoms in total. The zero-order valence-corrected chi connectivity index (χ0v) is 77.2. The third-order valence-electron chi connectivity index (χ3n) is 27.6. The van der Waals surface area contributed by atoms with Gasteiger partial charge in [-0.15, -0.1) is 11.8 Å². The molecule has 14 atom stereocenters. The monoisotopic (exact) mass is 1790 g/mol. The molecule has 14 aliphatic rings. The Balaban J connectivity index is 0.000000118. The van der Waals surface area contributed by atoms with Crippen molar-refractivity contribution < 1.29 is 52.2 Å². The van der Waals surface area contributed by atoms with Crippen LogP contribution in [0.5, 0.6) is 11.5 Å².